The van der Waals surface area contributed by atoms with E-state index in [-0.39, 0.29) is 11.6 Å². The van der Waals surface area contributed by atoms with Gasteiger partial charge in [-0.3, -0.25) is 0 Å². The Hall–Kier alpha value is -0.120. The van der Waals surface area contributed by atoms with Gasteiger partial charge < -0.3 is 15.2 Å². The summed E-state index contributed by atoms with van der Waals surface area (Å²) in [6.07, 6.45) is 5.60. The van der Waals surface area contributed by atoms with Gasteiger partial charge in [-0.25, -0.2) is 0 Å². The molecule has 0 aromatic rings. The fraction of sp³-hybridized carbons (Fsp3) is 1.00. The highest BCUT2D eigenvalue weighted by Crippen LogP contribution is 2.30. The van der Waals surface area contributed by atoms with Crippen LogP contribution in [0.2, 0.25) is 0 Å². The highest BCUT2D eigenvalue weighted by molar-refractivity contribution is 4.84. The normalized spacial score (nSPS) is 30.2. The van der Waals surface area contributed by atoms with Gasteiger partial charge in [0.05, 0.1) is 12.2 Å². The van der Waals surface area contributed by atoms with Crippen molar-refractivity contribution in [3.8, 4) is 0 Å². The summed E-state index contributed by atoms with van der Waals surface area (Å²) >= 11 is 0. The zero-order valence-corrected chi connectivity index (χ0v) is 9.42. The van der Waals surface area contributed by atoms with Crippen LogP contribution in [0.5, 0.6) is 0 Å². The van der Waals surface area contributed by atoms with E-state index in [9.17, 15) is 0 Å². The van der Waals surface area contributed by atoms with Crippen molar-refractivity contribution in [2.75, 3.05) is 20.3 Å². The smallest absolute Gasteiger partial charge is 0.0915 e. The Morgan fingerprint density at radius 2 is 2.29 bits per heavy atom. The van der Waals surface area contributed by atoms with Crippen molar-refractivity contribution < 1.29 is 9.47 Å². The molecular formula is C11H23NO2. The van der Waals surface area contributed by atoms with Crippen LogP contribution >= 0.6 is 0 Å². The van der Waals surface area contributed by atoms with Gasteiger partial charge in [0.25, 0.3) is 0 Å². The lowest BCUT2D eigenvalue weighted by molar-refractivity contribution is -0.121. The monoisotopic (exact) mass is 201 g/mol. The van der Waals surface area contributed by atoms with Crippen molar-refractivity contribution in [3.05, 3.63) is 0 Å². The molecule has 0 aliphatic carbocycles. The lowest BCUT2D eigenvalue weighted by Gasteiger charge is -2.37. The highest BCUT2D eigenvalue weighted by atomic mass is 16.5. The van der Waals surface area contributed by atoms with Crippen molar-refractivity contribution in [2.45, 2.75) is 50.7 Å². The van der Waals surface area contributed by atoms with Crippen LogP contribution in [0, 0.1) is 0 Å². The minimum Gasteiger partial charge on any atom is -0.382 e. The Morgan fingerprint density at radius 3 is 2.79 bits per heavy atom. The lowest BCUT2D eigenvalue weighted by Crippen LogP contribution is -2.41. The second-order valence-corrected chi connectivity index (χ2v) is 4.44. The van der Waals surface area contributed by atoms with Crippen molar-refractivity contribution in [2.24, 2.45) is 5.73 Å². The second kappa shape index (κ2) is 5.69. The molecule has 1 heterocycles. The standard InChI is InChI=1S/C11H23NO2/c1-10(12)5-7-11(9-13-2)6-3-4-8-14-11/h10H,3-9,12H2,1-2H3/t10-,11?/m1/s1. The van der Waals surface area contributed by atoms with Gasteiger partial charge in [-0.05, 0) is 39.0 Å². The predicted octanol–water partition coefficient (Wildman–Crippen LogP) is 1.70. The third kappa shape index (κ3) is 3.56. The number of hydrogen-bond acceptors (Lipinski definition) is 3. The van der Waals surface area contributed by atoms with E-state index in [0.717, 1.165) is 25.9 Å². The zero-order chi connectivity index (χ0) is 10.4. The number of hydrogen-bond donors (Lipinski definition) is 1. The first-order chi connectivity index (χ1) is 6.68. The van der Waals surface area contributed by atoms with Crippen molar-refractivity contribution in [1.82, 2.24) is 0 Å². The summed E-state index contributed by atoms with van der Waals surface area (Å²) in [4.78, 5) is 0. The van der Waals surface area contributed by atoms with Gasteiger partial charge in [-0.2, -0.15) is 0 Å². The maximum atomic E-state index is 5.88. The van der Waals surface area contributed by atoms with Crippen LogP contribution in [0.25, 0.3) is 0 Å². The molecular weight excluding hydrogens is 178 g/mol. The van der Waals surface area contributed by atoms with E-state index in [1.165, 1.54) is 12.8 Å². The van der Waals surface area contributed by atoms with Crippen molar-refractivity contribution >= 4 is 0 Å². The number of nitrogens with two attached hydrogens (primary N) is 1. The Bertz CT molecular complexity index is 148. The van der Waals surface area contributed by atoms with Crippen LogP contribution in [0.15, 0.2) is 0 Å². The largest absolute Gasteiger partial charge is 0.382 e. The summed E-state index contributed by atoms with van der Waals surface area (Å²) in [5.41, 5.74) is 5.73. The Balaban J connectivity index is 2.42. The fourth-order valence-corrected chi connectivity index (χ4v) is 2.05. The van der Waals surface area contributed by atoms with Crippen LogP contribution in [-0.2, 0) is 9.47 Å². The molecule has 0 radical (unpaired) electrons. The van der Waals surface area contributed by atoms with E-state index < -0.39 is 0 Å². The van der Waals surface area contributed by atoms with E-state index in [1.807, 2.05) is 6.92 Å². The molecule has 1 fully saturated rings. The molecule has 0 saturated carbocycles. The molecule has 0 bridgehead atoms. The molecule has 0 amide bonds. The van der Waals surface area contributed by atoms with Crippen LogP contribution in [0.1, 0.15) is 39.0 Å². The minimum absolute atomic E-state index is 0.0410. The van der Waals surface area contributed by atoms with Gasteiger partial charge in [-0.1, -0.05) is 0 Å². The third-order valence-electron chi connectivity index (χ3n) is 2.90. The molecule has 2 N–H and O–H groups in total. The molecule has 1 unspecified atom stereocenters. The average Bonchev–Trinajstić information content (AvgIpc) is 2.17. The van der Waals surface area contributed by atoms with E-state index in [4.69, 9.17) is 15.2 Å². The zero-order valence-electron chi connectivity index (χ0n) is 9.42. The first kappa shape index (κ1) is 12.0. The van der Waals surface area contributed by atoms with Gasteiger partial charge in [0.15, 0.2) is 0 Å². The molecule has 0 aromatic carbocycles. The first-order valence-electron chi connectivity index (χ1n) is 5.57. The van der Waals surface area contributed by atoms with Crippen LogP contribution in [0.4, 0.5) is 0 Å². The lowest BCUT2D eigenvalue weighted by atomic mass is 9.88. The van der Waals surface area contributed by atoms with Gasteiger partial charge >= 0.3 is 0 Å². The summed E-state index contributed by atoms with van der Waals surface area (Å²) in [7, 11) is 1.74. The molecule has 84 valence electrons. The van der Waals surface area contributed by atoms with Crippen LogP contribution in [-0.4, -0.2) is 32.0 Å². The Kier molecular flexibility index (Phi) is 4.85. The SMILES string of the molecule is COCC1(CC[C@@H](C)N)CCCCO1. The maximum Gasteiger partial charge on any atom is 0.0915 e. The third-order valence-corrected chi connectivity index (χ3v) is 2.90. The first-order valence-corrected chi connectivity index (χ1v) is 5.57. The van der Waals surface area contributed by atoms with Crippen LogP contribution < -0.4 is 5.73 Å². The van der Waals surface area contributed by atoms with Crippen molar-refractivity contribution in [3.63, 3.8) is 0 Å². The van der Waals surface area contributed by atoms with E-state index in [2.05, 4.69) is 0 Å². The summed E-state index contributed by atoms with van der Waals surface area (Å²) in [6, 6.07) is 0.259. The summed E-state index contributed by atoms with van der Waals surface area (Å²) in [5, 5.41) is 0. The molecule has 1 aliphatic rings. The Morgan fingerprint density at radius 1 is 1.50 bits per heavy atom. The van der Waals surface area contributed by atoms with Gasteiger partial charge in [-0.15, -0.1) is 0 Å². The molecule has 14 heavy (non-hydrogen) atoms. The number of methoxy groups -OCH3 is 1. The fourth-order valence-electron chi connectivity index (χ4n) is 2.05. The highest BCUT2D eigenvalue weighted by Gasteiger charge is 2.32. The molecule has 1 saturated heterocycles. The molecule has 1 aliphatic heterocycles. The molecule has 0 spiro atoms. The van der Waals surface area contributed by atoms with E-state index in [0.29, 0.717) is 6.61 Å². The van der Waals surface area contributed by atoms with E-state index in [1.54, 1.807) is 7.11 Å². The quantitative estimate of drug-likeness (QED) is 0.736. The van der Waals surface area contributed by atoms with Gasteiger partial charge in [0, 0.05) is 19.8 Å². The van der Waals surface area contributed by atoms with Gasteiger partial charge in [0.1, 0.15) is 0 Å². The molecule has 2 atom stereocenters. The molecule has 1 rings (SSSR count). The second-order valence-electron chi connectivity index (χ2n) is 4.44. The van der Waals surface area contributed by atoms with Crippen molar-refractivity contribution in [1.29, 1.82) is 0 Å². The van der Waals surface area contributed by atoms with E-state index >= 15 is 0 Å². The molecule has 0 aromatic heterocycles. The van der Waals surface area contributed by atoms with Crippen LogP contribution in [0.3, 0.4) is 0 Å². The Labute approximate surface area is 86.9 Å². The number of rotatable bonds is 5. The number of ether oxygens (including phenoxy) is 2. The predicted molar refractivity (Wildman–Crippen MR) is 57.3 cm³/mol. The summed E-state index contributed by atoms with van der Waals surface area (Å²) in [5.74, 6) is 0. The maximum absolute atomic E-state index is 5.88. The van der Waals surface area contributed by atoms with Gasteiger partial charge in [0.2, 0.25) is 0 Å². The topological polar surface area (TPSA) is 44.5 Å². The summed E-state index contributed by atoms with van der Waals surface area (Å²) in [6.45, 7) is 3.63. The average molecular weight is 201 g/mol. The summed E-state index contributed by atoms with van der Waals surface area (Å²) < 4.78 is 11.1. The molecule has 3 heteroatoms. The molecule has 3 nitrogen and oxygen atoms in total. The minimum atomic E-state index is -0.0410.